The molecule has 0 spiro atoms. The number of benzene rings is 2. The molecule has 0 amide bonds. The van der Waals surface area contributed by atoms with Crippen LogP contribution in [0.5, 0.6) is 11.5 Å². The number of carboxylic acid groups (broad SMARTS) is 1. The molecule has 0 aliphatic rings. The molecule has 2 aromatic rings. The number of carboxylic acids is 1. The van der Waals surface area contributed by atoms with E-state index < -0.39 is 12.0 Å². The maximum absolute atomic E-state index is 11.4. The van der Waals surface area contributed by atoms with Crippen LogP contribution in [-0.4, -0.2) is 35.7 Å². The third-order valence-corrected chi connectivity index (χ3v) is 4.65. The number of thioether (sulfide) groups is 1. The summed E-state index contributed by atoms with van der Waals surface area (Å²) in [5.41, 5.74) is 2.05. The zero-order valence-electron chi connectivity index (χ0n) is 15.8. The molecule has 5 nitrogen and oxygen atoms in total. The normalized spacial score (nSPS) is 11.8. The lowest BCUT2D eigenvalue weighted by Gasteiger charge is -2.16. The molecule has 0 aliphatic heterocycles. The SMILES string of the molecule is CCOc1cc(CNC(CCSC)C(=O)O)ccc1OCc1ccccc1. The molecule has 2 N–H and O–H groups in total. The number of nitrogens with one attached hydrogen (secondary N) is 1. The first kappa shape index (κ1) is 21.1. The van der Waals surface area contributed by atoms with Gasteiger partial charge < -0.3 is 19.9 Å². The molecule has 0 aromatic heterocycles. The van der Waals surface area contributed by atoms with Crippen molar-refractivity contribution in [3.8, 4) is 11.5 Å². The molecule has 0 radical (unpaired) electrons. The highest BCUT2D eigenvalue weighted by molar-refractivity contribution is 7.98. The third-order valence-electron chi connectivity index (χ3n) is 4.01. The molecule has 0 fully saturated rings. The van der Waals surface area contributed by atoms with Gasteiger partial charge >= 0.3 is 5.97 Å². The number of hydrogen-bond donors (Lipinski definition) is 2. The summed E-state index contributed by atoms with van der Waals surface area (Å²) in [5.74, 6) is 1.34. The van der Waals surface area contributed by atoms with Gasteiger partial charge in [-0.25, -0.2) is 0 Å². The van der Waals surface area contributed by atoms with Crippen molar-refractivity contribution in [2.24, 2.45) is 0 Å². The molecule has 0 saturated heterocycles. The number of ether oxygens (including phenoxy) is 2. The summed E-state index contributed by atoms with van der Waals surface area (Å²) in [6, 6.07) is 15.1. The van der Waals surface area contributed by atoms with Crippen LogP contribution in [0, 0.1) is 0 Å². The van der Waals surface area contributed by atoms with E-state index in [0.29, 0.717) is 37.7 Å². The minimum absolute atomic E-state index is 0.463. The van der Waals surface area contributed by atoms with Gasteiger partial charge in [0.25, 0.3) is 0 Å². The zero-order valence-corrected chi connectivity index (χ0v) is 16.6. The van der Waals surface area contributed by atoms with E-state index in [0.717, 1.165) is 16.9 Å². The summed E-state index contributed by atoms with van der Waals surface area (Å²) in [5, 5.41) is 12.4. The summed E-state index contributed by atoms with van der Waals surface area (Å²) in [6.07, 6.45) is 2.56. The van der Waals surface area contributed by atoms with Crippen LogP contribution >= 0.6 is 11.8 Å². The molecular weight excluding hydrogens is 362 g/mol. The fourth-order valence-corrected chi connectivity index (χ4v) is 3.05. The fraction of sp³-hybridized carbons (Fsp3) is 0.381. The van der Waals surface area contributed by atoms with Gasteiger partial charge in [-0.1, -0.05) is 36.4 Å². The van der Waals surface area contributed by atoms with Gasteiger partial charge in [0.05, 0.1) is 6.61 Å². The Bertz CT molecular complexity index is 709. The largest absolute Gasteiger partial charge is 0.490 e. The number of rotatable bonds is 12. The molecule has 2 aromatic carbocycles. The Kier molecular flexibility index (Phi) is 9.01. The molecule has 27 heavy (non-hydrogen) atoms. The second-order valence-electron chi connectivity index (χ2n) is 6.04. The maximum atomic E-state index is 11.4. The van der Waals surface area contributed by atoms with E-state index in [-0.39, 0.29) is 0 Å². The van der Waals surface area contributed by atoms with Crippen molar-refractivity contribution in [1.82, 2.24) is 5.32 Å². The summed E-state index contributed by atoms with van der Waals surface area (Å²) in [6.45, 7) is 3.39. The molecule has 146 valence electrons. The summed E-state index contributed by atoms with van der Waals surface area (Å²) < 4.78 is 11.6. The molecule has 0 saturated carbocycles. The second kappa shape index (κ2) is 11.5. The van der Waals surface area contributed by atoms with Gasteiger partial charge in [-0.05, 0) is 48.6 Å². The van der Waals surface area contributed by atoms with Gasteiger partial charge in [0.1, 0.15) is 12.6 Å². The predicted molar refractivity (Wildman–Crippen MR) is 110 cm³/mol. The molecule has 1 unspecified atom stereocenters. The number of carbonyl (C=O) groups is 1. The van der Waals surface area contributed by atoms with E-state index in [4.69, 9.17) is 9.47 Å². The smallest absolute Gasteiger partial charge is 0.320 e. The molecular formula is C21H27NO4S. The Morgan fingerprint density at radius 2 is 1.89 bits per heavy atom. The van der Waals surface area contributed by atoms with Crippen LogP contribution in [0.15, 0.2) is 48.5 Å². The van der Waals surface area contributed by atoms with Crippen LogP contribution in [0.1, 0.15) is 24.5 Å². The first-order chi connectivity index (χ1) is 13.1. The molecule has 0 heterocycles. The van der Waals surface area contributed by atoms with Gasteiger partial charge in [0, 0.05) is 6.54 Å². The van der Waals surface area contributed by atoms with Gasteiger partial charge in [-0.3, -0.25) is 4.79 Å². The van der Waals surface area contributed by atoms with Crippen molar-refractivity contribution >= 4 is 17.7 Å². The van der Waals surface area contributed by atoms with Gasteiger partial charge in [-0.2, -0.15) is 11.8 Å². The molecule has 1 atom stereocenters. The van der Waals surface area contributed by atoms with Crippen molar-refractivity contribution in [2.75, 3.05) is 18.6 Å². The number of hydrogen-bond acceptors (Lipinski definition) is 5. The lowest BCUT2D eigenvalue weighted by atomic mass is 10.1. The standard InChI is InChI=1S/C21H27NO4S/c1-3-25-20-13-17(14-22-18(21(23)24)11-12-27-2)9-10-19(20)26-15-16-7-5-4-6-8-16/h4-10,13,18,22H,3,11-12,14-15H2,1-2H3,(H,23,24). The second-order valence-corrected chi connectivity index (χ2v) is 7.03. The quantitative estimate of drug-likeness (QED) is 0.573. The topological polar surface area (TPSA) is 67.8 Å². The Morgan fingerprint density at radius 1 is 1.11 bits per heavy atom. The number of aliphatic carboxylic acids is 1. The lowest BCUT2D eigenvalue weighted by Crippen LogP contribution is -2.36. The molecule has 0 bridgehead atoms. The Hall–Kier alpha value is -2.18. The van der Waals surface area contributed by atoms with Gasteiger partial charge in [-0.15, -0.1) is 0 Å². The van der Waals surface area contributed by atoms with E-state index in [2.05, 4.69) is 5.32 Å². The Labute approximate surface area is 165 Å². The third kappa shape index (κ3) is 7.15. The van der Waals surface area contributed by atoms with Crippen molar-refractivity contribution in [2.45, 2.75) is 32.5 Å². The monoisotopic (exact) mass is 389 g/mol. The van der Waals surface area contributed by atoms with E-state index in [1.165, 1.54) is 0 Å². The summed E-state index contributed by atoms with van der Waals surface area (Å²) in [7, 11) is 0. The van der Waals surface area contributed by atoms with E-state index in [1.54, 1.807) is 11.8 Å². The Balaban J connectivity index is 2.01. The minimum atomic E-state index is -0.822. The average Bonchev–Trinajstić information content (AvgIpc) is 2.68. The van der Waals surface area contributed by atoms with E-state index in [1.807, 2.05) is 61.7 Å². The Morgan fingerprint density at radius 3 is 2.56 bits per heavy atom. The van der Waals surface area contributed by atoms with Crippen molar-refractivity contribution in [3.05, 3.63) is 59.7 Å². The van der Waals surface area contributed by atoms with Crippen LogP contribution in [0.3, 0.4) is 0 Å². The van der Waals surface area contributed by atoms with Crippen LogP contribution in [0.4, 0.5) is 0 Å². The van der Waals surface area contributed by atoms with Crippen LogP contribution < -0.4 is 14.8 Å². The highest BCUT2D eigenvalue weighted by Crippen LogP contribution is 2.29. The van der Waals surface area contributed by atoms with E-state index >= 15 is 0 Å². The van der Waals surface area contributed by atoms with Crippen LogP contribution in [0.25, 0.3) is 0 Å². The highest BCUT2D eigenvalue weighted by atomic mass is 32.2. The first-order valence-electron chi connectivity index (χ1n) is 9.01. The minimum Gasteiger partial charge on any atom is -0.490 e. The molecule has 0 aliphatic carbocycles. The zero-order chi connectivity index (χ0) is 19.5. The predicted octanol–water partition coefficient (Wildman–Crippen LogP) is 3.96. The van der Waals surface area contributed by atoms with Crippen molar-refractivity contribution in [1.29, 1.82) is 0 Å². The highest BCUT2D eigenvalue weighted by Gasteiger charge is 2.16. The van der Waals surface area contributed by atoms with Crippen LogP contribution in [0.2, 0.25) is 0 Å². The maximum Gasteiger partial charge on any atom is 0.320 e. The fourth-order valence-electron chi connectivity index (χ4n) is 2.57. The molecule has 2 rings (SSSR count). The lowest BCUT2D eigenvalue weighted by molar-refractivity contribution is -0.139. The summed E-state index contributed by atoms with van der Waals surface area (Å²) in [4.78, 5) is 11.4. The first-order valence-corrected chi connectivity index (χ1v) is 10.4. The summed E-state index contributed by atoms with van der Waals surface area (Å²) >= 11 is 1.64. The molecule has 6 heteroatoms. The van der Waals surface area contributed by atoms with Gasteiger partial charge in [0.15, 0.2) is 11.5 Å². The van der Waals surface area contributed by atoms with Gasteiger partial charge in [0.2, 0.25) is 0 Å². The van der Waals surface area contributed by atoms with Crippen LogP contribution in [-0.2, 0) is 17.9 Å². The average molecular weight is 390 g/mol. The van der Waals surface area contributed by atoms with Crippen molar-refractivity contribution in [3.63, 3.8) is 0 Å². The van der Waals surface area contributed by atoms with Crippen molar-refractivity contribution < 1.29 is 19.4 Å². The van der Waals surface area contributed by atoms with E-state index in [9.17, 15) is 9.90 Å².